The first-order valence-corrected chi connectivity index (χ1v) is 7.39. The van der Waals surface area contributed by atoms with Crippen molar-refractivity contribution >= 4 is 16.5 Å². The lowest BCUT2D eigenvalue weighted by Gasteiger charge is -2.05. The second kappa shape index (κ2) is 6.72. The number of aromatic nitrogens is 1. The number of anilines is 1. The topological polar surface area (TPSA) is 37.4 Å². The lowest BCUT2D eigenvalue weighted by molar-refractivity contribution is 0.394. The van der Waals surface area contributed by atoms with Crippen molar-refractivity contribution in [2.45, 2.75) is 20.0 Å². The fourth-order valence-electron chi connectivity index (χ4n) is 1.81. The van der Waals surface area contributed by atoms with E-state index in [1.54, 1.807) is 18.4 Å². The molecule has 2 aromatic rings. The Bertz CT molecular complexity index is 549. The van der Waals surface area contributed by atoms with Gasteiger partial charge in [-0.2, -0.15) is 4.98 Å². The van der Waals surface area contributed by atoms with Gasteiger partial charge < -0.3 is 15.0 Å². The molecule has 108 valence electrons. The minimum absolute atomic E-state index is 0.718. The van der Waals surface area contributed by atoms with Gasteiger partial charge in [-0.3, -0.25) is 0 Å². The highest BCUT2D eigenvalue weighted by atomic mass is 32.1. The van der Waals surface area contributed by atoms with E-state index < -0.39 is 0 Å². The zero-order valence-corrected chi connectivity index (χ0v) is 13.3. The van der Waals surface area contributed by atoms with Crippen molar-refractivity contribution in [1.82, 2.24) is 10.3 Å². The smallest absolute Gasteiger partial charge is 0.230 e. The Morgan fingerprint density at radius 2 is 1.90 bits per heavy atom. The monoisotopic (exact) mass is 291 g/mol. The average Bonchev–Trinajstić information content (AvgIpc) is 2.84. The third-order valence-corrected chi connectivity index (χ3v) is 4.17. The first-order valence-electron chi connectivity index (χ1n) is 6.57. The van der Waals surface area contributed by atoms with Crippen LogP contribution in [0.15, 0.2) is 24.3 Å². The molecule has 1 aromatic carbocycles. The van der Waals surface area contributed by atoms with E-state index in [2.05, 4.69) is 41.5 Å². The zero-order chi connectivity index (χ0) is 14.5. The highest BCUT2D eigenvalue weighted by molar-refractivity contribution is 7.15. The first-order chi connectivity index (χ1) is 9.60. The van der Waals surface area contributed by atoms with Crippen molar-refractivity contribution in [3.05, 3.63) is 40.3 Å². The summed E-state index contributed by atoms with van der Waals surface area (Å²) in [7, 11) is 5.64. The van der Waals surface area contributed by atoms with Crippen LogP contribution in [0, 0.1) is 6.92 Å². The Kier molecular flexibility index (Phi) is 4.98. The van der Waals surface area contributed by atoms with Crippen LogP contribution in [-0.4, -0.2) is 26.2 Å². The van der Waals surface area contributed by atoms with Gasteiger partial charge in [-0.05, 0) is 12.5 Å². The van der Waals surface area contributed by atoms with E-state index in [-0.39, 0.29) is 0 Å². The molecule has 0 saturated heterocycles. The maximum atomic E-state index is 5.33. The molecule has 0 bridgehead atoms. The summed E-state index contributed by atoms with van der Waals surface area (Å²) in [6.07, 6.45) is 0. The molecule has 5 heteroatoms. The van der Waals surface area contributed by atoms with Crippen molar-refractivity contribution in [2.75, 3.05) is 26.1 Å². The molecule has 4 nitrogen and oxygen atoms in total. The van der Waals surface area contributed by atoms with Gasteiger partial charge in [-0.1, -0.05) is 41.2 Å². The van der Waals surface area contributed by atoms with Crippen LogP contribution in [0.5, 0.6) is 5.88 Å². The van der Waals surface area contributed by atoms with E-state index in [1.807, 2.05) is 19.0 Å². The standard InChI is InChI=1S/C15H21N3OS/c1-11-5-7-12(8-6-11)9-16-10-13-14(19-4)17-15(20-13)18(2)3/h5-8,16H,9-10H2,1-4H3. The van der Waals surface area contributed by atoms with Gasteiger partial charge in [0.25, 0.3) is 0 Å². The number of ether oxygens (including phenoxy) is 1. The lowest BCUT2D eigenvalue weighted by atomic mass is 10.1. The molecular formula is C15H21N3OS. The fraction of sp³-hybridized carbons (Fsp3) is 0.400. The van der Waals surface area contributed by atoms with Crippen LogP contribution in [0.4, 0.5) is 5.13 Å². The quantitative estimate of drug-likeness (QED) is 0.888. The fourth-order valence-corrected chi connectivity index (χ4v) is 2.74. The van der Waals surface area contributed by atoms with E-state index in [1.165, 1.54) is 11.1 Å². The Hall–Kier alpha value is -1.59. The van der Waals surface area contributed by atoms with Gasteiger partial charge >= 0.3 is 0 Å². The number of hydrogen-bond donors (Lipinski definition) is 1. The third-order valence-electron chi connectivity index (χ3n) is 2.96. The van der Waals surface area contributed by atoms with Gasteiger partial charge in [0.2, 0.25) is 5.88 Å². The van der Waals surface area contributed by atoms with Crippen LogP contribution in [0.3, 0.4) is 0 Å². The summed E-state index contributed by atoms with van der Waals surface area (Å²) in [4.78, 5) is 7.57. The minimum atomic E-state index is 0.718. The maximum Gasteiger partial charge on any atom is 0.230 e. The minimum Gasteiger partial charge on any atom is -0.480 e. The molecule has 0 fully saturated rings. The summed E-state index contributed by atoms with van der Waals surface area (Å²) in [5.74, 6) is 0.718. The predicted octanol–water partition coefficient (Wildman–Crippen LogP) is 2.82. The Balaban J connectivity index is 1.95. The summed E-state index contributed by atoms with van der Waals surface area (Å²) >= 11 is 1.66. The van der Waals surface area contributed by atoms with Gasteiger partial charge in [0.1, 0.15) is 0 Å². The van der Waals surface area contributed by atoms with Gasteiger partial charge in [-0.25, -0.2) is 0 Å². The average molecular weight is 291 g/mol. The molecule has 0 unspecified atom stereocenters. The van der Waals surface area contributed by atoms with E-state index in [0.717, 1.165) is 29.0 Å². The number of nitrogens with zero attached hydrogens (tertiary/aromatic N) is 2. The van der Waals surface area contributed by atoms with Gasteiger partial charge in [0.15, 0.2) is 5.13 Å². The summed E-state index contributed by atoms with van der Waals surface area (Å²) in [6, 6.07) is 8.57. The number of benzene rings is 1. The molecule has 0 radical (unpaired) electrons. The molecule has 1 N–H and O–H groups in total. The van der Waals surface area contributed by atoms with Crippen molar-refractivity contribution in [2.24, 2.45) is 0 Å². The van der Waals surface area contributed by atoms with E-state index in [4.69, 9.17) is 4.74 Å². The summed E-state index contributed by atoms with van der Waals surface area (Å²) in [6.45, 7) is 3.71. The summed E-state index contributed by atoms with van der Waals surface area (Å²) in [5, 5.41) is 4.40. The molecule has 1 heterocycles. The molecule has 2 rings (SSSR count). The van der Waals surface area contributed by atoms with Gasteiger partial charge in [0.05, 0.1) is 12.0 Å². The van der Waals surface area contributed by atoms with E-state index in [9.17, 15) is 0 Å². The number of aryl methyl sites for hydroxylation is 1. The van der Waals surface area contributed by atoms with Crippen LogP contribution in [0.1, 0.15) is 16.0 Å². The highest BCUT2D eigenvalue weighted by Crippen LogP contribution is 2.30. The number of methoxy groups -OCH3 is 1. The second-order valence-corrected chi connectivity index (χ2v) is 5.97. The Labute approximate surface area is 124 Å². The van der Waals surface area contributed by atoms with E-state index >= 15 is 0 Å². The normalized spacial score (nSPS) is 10.6. The summed E-state index contributed by atoms with van der Waals surface area (Å²) < 4.78 is 5.33. The van der Waals surface area contributed by atoms with Crippen LogP contribution in [0.2, 0.25) is 0 Å². The van der Waals surface area contributed by atoms with Crippen molar-refractivity contribution < 1.29 is 4.74 Å². The Morgan fingerprint density at radius 3 is 2.50 bits per heavy atom. The molecule has 0 atom stereocenters. The number of rotatable bonds is 6. The lowest BCUT2D eigenvalue weighted by Crippen LogP contribution is -2.12. The van der Waals surface area contributed by atoms with Gasteiger partial charge in [-0.15, -0.1) is 0 Å². The molecule has 0 aliphatic rings. The Morgan fingerprint density at radius 1 is 1.20 bits per heavy atom. The molecule has 0 saturated carbocycles. The zero-order valence-electron chi connectivity index (χ0n) is 12.4. The maximum absolute atomic E-state index is 5.33. The van der Waals surface area contributed by atoms with Gasteiger partial charge in [0, 0.05) is 27.2 Å². The van der Waals surface area contributed by atoms with Crippen LogP contribution < -0.4 is 15.0 Å². The van der Waals surface area contributed by atoms with E-state index in [0.29, 0.717) is 0 Å². The van der Waals surface area contributed by atoms with Crippen molar-refractivity contribution in [3.8, 4) is 5.88 Å². The van der Waals surface area contributed by atoms with Crippen molar-refractivity contribution in [1.29, 1.82) is 0 Å². The summed E-state index contributed by atoms with van der Waals surface area (Å²) in [5.41, 5.74) is 2.57. The van der Waals surface area contributed by atoms with Crippen LogP contribution in [-0.2, 0) is 13.1 Å². The third kappa shape index (κ3) is 3.71. The number of nitrogens with one attached hydrogen (secondary N) is 1. The van der Waals surface area contributed by atoms with Crippen molar-refractivity contribution in [3.63, 3.8) is 0 Å². The molecule has 1 aromatic heterocycles. The van der Waals surface area contributed by atoms with Crippen LogP contribution in [0.25, 0.3) is 0 Å². The molecule has 0 aliphatic heterocycles. The second-order valence-electron chi connectivity index (χ2n) is 4.91. The molecular weight excluding hydrogens is 270 g/mol. The van der Waals surface area contributed by atoms with Crippen LogP contribution >= 0.6 is 11.3 Å². The number of thiazole rings is 1. The largest absolute Gasteiger partial charge is 0.480 e. The molecule has 20 heavy (non-hydrogen) atoms. The number of hydrogen-bond acceptors (Lipinski definition) is 5. The molecule has 0 amide bonds. The molecule has 0 spiro atoms. The molecule has 0 aliphatic carbocycles. The predicted molar refractivity (Wildman–Crippen MR) is 84.7 cm³/mol. The highest BCUT2D eigenvalue weighted by Gasteiger charge is 2.12. The first kappa shape index (κ1) is 14.8. The SMILES string of the molecule is COc1nc(N(C)C)sc1CNCc1ccc(C)cc1.